The lowest BCUT2D eigenvalue weighted by atomic mass is 9.88. The average Bonchev–Trinajstić information content (AvgIpc) is 2.67. The first kappa shape index (κ1) is 15.7. The molecule has 0 spiro atoms. The van der Waals surface area contributed by atoms with Crippen LogP contribution in [0.5, 0.6) is 0 Å². The first-order valence-corrected chi connectivity index (χ1v) is 7.76. The van der Waals surface area contributed by atoms with Crippen molar-refractivity contribution in [2.24, 2.45) is 11.8 Å². The van der Waals surface area contributed by atoms with E-state index in [9.17, 15) is 0 Å². The van der Waals surface area contributed by atoms with Crippen molar-refractivity contribution in [3.05, 3.63) is 16.4 Å². The van der Waals surface area contributed by atoms with E-state index in [0.29, 0.717) is 17.9 Å². The average molecular weight is 316 g/mol. The first-order chi connectivity index (χ1) is 8.52. The van der Waals surface area contributed by atoms with Gasteiger partial charge in [0, 0.05) is 6.54 Å². The zero-order chi connectivity index (χ0) is 13.7. The molecular formula is C14H26BrN3. The van der Waals surface area contributed by atoms with E-state index in [0.717, 1.165) is 24.0 Å². The molecular weight excluding hydrogens is 290 g/mol. The quantitative estimate of drug-likeness (QED) is 0.824. The van der Waals surface area contributed by atoms with Crippen LogP contribution in [0.1, 0.15) is 52.8 Å². The minimum absolute atomic E-state index is 0.360. The maximum absolute atomic E-state index is 4.48. The highest BCUT2D eigenvalue weighted by molar-refractivity contribution is 9.10. The van der Waals surface area contributed by atoms with Gasteiger partial charge in [-0.25, -0.2) is 0 Å². The second-order valence-corrected chi connectivity index (χ2v) is 6.09. The third-order valence-corrected chi connectivity index (χ3v) is 4.18. The lowest BCUT2D eigenvalue weighted by molar-refractivity contribution is 0.291. The van der Waals surface area contributed by atoms with Crippen molar-refractivity contribution in [1.29, 1.82) is 0 Å². The molecule has 18 heavy (non-hydrogen) atoms. The summed E-state index contributed by atoms with van der Waals surface area (Å²) in [6.07, 6.45) is 3.03. The van der Waals surface area contributed by atoms with E-state index < -0.39 is 0 Å². The number of aryl methyl sites for hydroxylation is 1. The molecule has 2 atom stereocenters. The van der Waals surface area contributed by atoms with Crippen LogP contribution in [-0.2, 0) is 6.54 Å². The Morgan fingerprint density at radius 3 is 2.50 bits per heavy atom. The van der Waals surface area contributed by atoms with Crippen LogP contribution in [0.3, 0.4) is 0 Å². The highest BCUT2D eigenvalue weighted by atomic mass is 79.9. The summed E-state index contributed by atoms with van der Waals surface area (Å²) in [5, 5.41) is 8.10. The molecule has 4 heteroatoms. The number of nitrogens with zero attached hydrogens (tertiary/aromatic N) is 2. The van der Waals surface area contributed by atoms with E-state index in [-0.39, 0.29) is 0 Å². The molecule has 3 nitrogen and oxygen atoms in total. The second-order valence-electron chi connectivity index (χ2n) is 5.24. The summed E-state index contributed by atoms with van der Waals surface area (Å²) in [6, 6.07) is 0.360. The summed E-state index contributed by atoms with van der Waals surface area (Å²) >= 11 is 3.65. The molecule has 1 heterocycles. The molecule has 2 unspecified atom stereocenters. The molecule has 0 saturated carbocycles. The van der Waals surface area contributed by atoms with Crippen molar-refractivity contribution in [3.8, 4) is 0 Å². The fraction of sp³-hybridized carbons (Fsp3) is 0.786. The summed E-state index contributed by atoms with van der Waals surface area (Å²) in [6.45, 7) is 13.2. The molecule has 1 aromatic heterocycles. The Morgan fingerprint density at radius 1 is 1.33 bits per heavy atom. The molecule has 0 aliphatic rings. The normalized spacial score (nSPS) is 15.1. The van der Waals surface area contributed by atoms with Gasteiger partial charge in [-0.1, -0.05) is 34.6 Å². The monoisotopic (exact) mass is 315 g/mol. The number of hydrogen-bond donors (Lipinski definition) is 1. The van der Waals surface area contributed by atoms with Crippen LogP contribution in [-0.4, -0.2) is 16.3 Å². The van der Waals surface area contributed by atoms with Crippen molar-refractivity contribution >= 4 is 15.9 Å². The Balaban J connectivity index is 3.07. The highest BCUT2D eigenvalue weighted by Gasteiger charge is 2.26. The standard InChI is InChI=1S/C14H26BrN3/c1-6-8-18-14(12(15)9-17-18)13(16-7-2)11(5)10(3)4/h9-11,13,16H,6-8H2,1-5H3. The van der Waals surface area contributed by atoms with E-state index in [4.69, 9.17) is 0 Å². The summed E-state index contributed by atoms with van der Waals surface area (Å²) in [5.41, 5.74) is 1.29. The molecule has 0 saturated heterocycles. The van der Waals surface area contributed by atoms with Crippen LogP contribution in [0.4, 0.5) is 0 Å². The van der Waals surface area contributed by atoms with Crippen LogP contribution in [0.25, 0.3) is 0 Å². The van der Waals surface area contributed by atoms with Crippen molar-refractivity contribution < 1.29 is 0 Å². The molecule has 0 aliphatic heterocycles. The first-order valence-electron chi connectivity index (χ1n) is 6.97. The molecule has 0 fully saturated rings. The van der Waals surface area contributed by atoms with Gasteiger partial charge in [0.2, 0.25) is 0 Å². The van der Waals surface area contributed by atoms with Gasteiger partial charge < -0.3 is 5.32 Å². The molecule has 104 valence electrons. The largest absolute Gasteiger partial charge is 0.309 e. The van der Waals surface area contributed by atoms with E-state index in [2.05, 4.69) is 65.6 Å². The van der Waals surface area contributed by atoms with Crippen LogP contribution in [0.15, 0.2) is 10.7 Å². The van der Waals surface area contributed by atoms with Crippen LogP contribution < -0.4 is 5.32 Å². The van der Waals surface area contributed by atoms with Gasteiger partial charge >= 0.3 is 0 Å². The van der Waals surface area contributed by atoms with Crippen LogP contribution in [0.2, 0.25) is 0 Å². The number of nitrogens with one attached hydrogen (secondary N) is 1. The van der Waals surface area contributed by atoms with E-state index in [1.54, 1.807) is 0 Å². The van der Waals surface area contributed by atoms with Crippen molar-refractivity contribution in [1.82, 2.24) is 15.1 Å². The molecule has 1 rings (SSSR count). The fourth-order valence-electron chi connectivity index (χ4n) is 2.21. The van der Waals surface area contributed by atoms with E-state index >= 15 is 0 Å². The molecule has 1 aromatic rings. The highest BCUT2D eigenvalue weighted by Crippen LogP contribution is 2.32. The maximum Gasteiger partial charge on any atom is 0.0698 e. The van der Waals surface area contributed by atoms with Crippen molar-refractivity contribution in [3.63, 3.8) is 0 Å². The molecule has 0 aromatic carbocycles. The molecule has 0 amide bonds. The number of rotatable bonds is 7. The van der Waals surface area contributed by atoms with Gasteiger partial charge in [0.05, 0.1) is 22.4 Å². The second kappa shape index (κ2) is 7.29. The van der Waals surface area contributed by atoms with Crippen LogP contribution >= 0.6 is 15.9 Å². The Bertz CT molecular complexity index is 360. The lowest BCUT2D eigenvalue weighted by Crippen LogP contribution is -2.31. The summed E-state index contributed by atoms with van der Waals surface area (Å²) in [5.74, 6) is 1.22. The molecule has 0 radical (unpaired) electrons. The van der Waals surface area contributed by atoms with E-state index in [1.165, 1.54) is 5.69 Å². The number of halogens is 1. The van der Waals surface area contributed by atoms with Gasteiger partial charge in [-0.2, -0.15) is 5.10 Å². The third-order valence-electron chi connectivity index (χ3n) is 3.56. The Labute approximate surface area is 119 Å². The van der Waals surface area contributed by atoms with E-state index in [1.807, 2.05) is 6.20 Å². The lowest BCUT2D eigenvalue weighted by Gasteiger charge is -2.29. The summed E-state index contributed by atoms with van der Waals surface area (Å²) < 4.78 is 3.26. The minimum Gasteiger partial charge on any atom is -0.309 e. The van der Waals surface area contributed by atoms with Crippen molar-refractivity contribution in [2.45, 2.75) is 53.6 Å². The Morgan fingerprint density at radius 2 is 2.00 bits per heavy atom. The fourth-order valence-corrected chi connectivity index (χ4v) is 2.75. The maximum atomic E-state index is 4.48. The Kier molecular flexibility index (Phi) is 6.36. The van der Waals surface area contributed by atoms with Gasteiger partial charge in [-0.05, 0) is 40.7 Å². The third kappa shape index (κ3) is 3.58. The Hall–Kier alpha value is -0.350. The topological polar surface area (TPSA) is 29.9 Å². The summed E-state index contributed by atoms with van der Waals surface area (Å²) in [4.78, 5) is 0. The summed E-state index contributed by atoms with van der Waals surface area (Å²) in [7, 11) is 0. The molecule has 0 aliphatic carbocycles. The molecule has 1 N–H and O–H groups in total. The van der Waals surface area contributed by atoms with Gasteiger partial charge in [0.25, 0.3) is 0 Å². The zero-order valence-corrected chi connectivity index (χ0v) is 13.8. The van der Waals surface area contributed by atoms with Gasteiger partial charge in [-0.15, -0.1) is 0 Å². The smallest absolute Gasteiger partial charge is 0.0698 e. The number of aromatic nitrogens is 2. The SMILES string of the molecule is CCCn1ncc(Br)c1C(NCC)C(C)C(C)C. The molecule has 0 bridgehead atoms. The predicted molar refractivity (Wildman–Crippen MR) is 80.6 cm³/mol. The predicted octanol–water partition coefficient (Wildman–Crippen LogP) is 4.00. The van der Waals surface area contributed by atoms with Gasteiger partial charge in [0.1, 0.15) is 0 Å². The minimum atomic E-state index is 0.360. The van der Waals surface area contributed by atoms with Crippen LogP contribution in [0, 0.1) is 11.8 Å². The van der Waals surface area contributed by atoms with Gasteiger partial charge in [-0.3, -0.25) is 4.68 Å². The van der Waals surface area contributed by atoms with Crippen molar-refractivity contribution in [2.75, 3.05) is 6.54 Å². The number of hydrogen-bond acceptors (Lipinski definition) is 2. The van der Waals surface area contributed by atoms with Gasteiger partial charge in [0.15, 0.2) is 0 Å². The zero-order valence-electron chi connectivity index (χ0n) is 12.2.